The molecule has 0 saturated carbocycles. The smallest absolute Gasteiger partial charge is 0.325 e. The van der Waals surface area contributed by atoms with Gasteiger partial charge in [-0.05, 0) is 43.5 Å². The monoisotopic (exact) mass is 460 g/mol. The van der Waals surface area contributed by atoms with Crippen molar-refractivity contribution in [3.63, 3.8) is 0 Å². The number of nitrogens with zero attached hydrogens (tertiary/aromatic N) is 5. The van der Waals surface area contributed by atoms with Crippen LogP contribution in [0.1, 0.15) is 18.9 Å². The molecule has 1 aliphatic heterocycles. The van der Waals surface area contributed by atoms with Gasteiger partial charge in [0.05, 0.1) is 17.8 Å². The molecule has 1 amide bonds. The molecular formula is C20H24N6O5S. The average molecular weight is 461 g/mol. The normalized spacial score (nSPS) is 13.9. The molecule has 0 spiro atoms. The molecule has 1 aliphatic rings. The van der Waals surface area contributed by atoms with Gasteiger partial charge in [0.15, 0.2) is 11.2 Å². The fourth-order valence-corrected chi connectivity index (χ4v) is 5.15. The maximum absolute atomic E-state index is 12.7. The summed E-state index contributed by atoms with van der Waals surface area (Å²) >= 11 is 0. The van der Waals surface area contributed by atoms with Gasteiger partial charge in [-0.3, -0.25) is 23.0 Å². The highest BCUT2D eigenvalue weighted by molar-refractivity contribution is 7.92. The van der Waals surface area contributed by atoms with Crippen LogP contribution in [-0.4, -0.2) is 45.3 Å². The minimum Gasteiger partial charge on any atom is -0.325 e. The second kappa shape index (κ2) is 7.93. The molecule has 2 aromatic heterocycles. The molecule has 11 nitrogen and oxygen atoms in total. The van der Waals surface area contributed by atoms with Crippen molar-refractivity contribution in [2.45, 2.75) is 26.3 Å². The Balaban J connectivity index is 1.59. The quantitative estimate of drug-likeness (QED) is 0.578. The van der Waals surface area contributed by atoms with E-state index in [0.717, 1.165) is 10.1 Å². The number of carbonyl (C=O) groups is 1. The van der Waals surface area contributed by atoms with Crippen molar-refractivity contribution in [2.75, 3.05) is 21.9 Å². The van der Waals surface area contributed by atoms with E-state index in [0.29, 0.717) is 30.8 Å². The summed E-state index contributed by atoms with van der Waals surface area (Å²) in [5.74, 6) is -0.358. The third kappa shape index (κ3) is 3.60. The first-order valence-electron chi connectivity index (χ1n) is 10.2. The van der Waals surface area contributed by atoms with Gasteiger partial charge in [0.2, 0.25) is 15.9 Å². The summed E-state index contributed by atoms with van der Waals surface area (Å²) < 4.78 is 29.8. The molecule has 32 heavy (non-hydrogen) atoms. The zero-order valence-electron chi connectivity index (χ0n) is 18.0. The van der Waals surface area contributed by atoms with Crippen molar-refractivity contribution >= 4 is 38.5 Å². The Morgan fingerprint density at radius 2 is 1.94 bits per heavy atom. The molecule has 0 saturated heterocycles. The Kier molecular flexibility index (Phi) is 5.41. The van der Waals surface area contributed by atoms with Crippen molar-refractivity contribution in [2.24, 2.45) is 14.1 Å². The third-order valence-corrected chi connectivity index (χ3v) is 7.45. The zero-order chi connectivity index (χ0) is 23.2. The summed E-state index contributed by atoms with van der Waals surface area (Å²) in [6.07, 6.45) is 2.77. The van der Waals surface area contributed by atoms with E-state index >= 15 is 0 Å². The molecule has 0 fully saturated rings. The SMILES string of the molecule is CCS(=O)(=O)N1CCCc2cc(NC(=O)Cn3cnc4c3c(=O)n(C)c(=O)n4C)ccc21. The Hall–Kier alpha value is -3.41. The van der Waals surface area contributed by atoms with Gasteiger partial charge in [-0.1, -0.05) is 0 Å². The Bertz CT molecular complexity index is 1450. The van der Waals surface area contributed by atoms with Crippen LogP contribution in [0.3, 0.4) is 0 Å². The lowest BCUT2D eigenvalue weighted by Gasteiger charge is -2.30. The molecule has 0 bridgehead atoms. The predicted molar refractivity (Wildman–Crippen MR) is 120 cm³/mol. The minimum atomic E-state index is -3.36. The molecule has 3 aromatic rings. The van der Waals surface area contributed by atoms with Crippen molar-refractivity contribution in [3.05, 3.63) is 50.9 Å². The number of amides is 1. The number of rotatable bonds is 5. The highest BCUT2D eigenvalue weighted by atomic mass is 32.2. The number of fused-ring (bicyclic) bond motifs is 2. The number of nitrogens with one attached hydrogen (secondary N) is 1. The molecule has 1 N–H and O–H groups in total. The predicted octanol–water partition coefficient (Wildman–Crippen LogP) is 0.175. The number of benzene rings is 1. The molecule has 12 heteroatoms. The van der Waals surface area contributed by atoms with E-state index in [1.54, 1.807) is 25.1 Å². The standard InChI is InChI=1S/C20H24N6O5S/c1-4-32(30,31)26-9-5-6-13-10-14(7-8-15(13)26)22-16(27)11-25-12-21-18-17(25)19(28)24(3)20(29)23(18)2/h7-8,10,12H,4-6,9,11H2,1-3H3,(H,22,27). The molecule has 0 radical (unpaired) electrons. The Morgan fingerprint density at radius 1 is 1.19 bits per heavy atom. The van der Waals surface area contributed by atoms with Crippen LogP contribution in [0.15, 0.2) is 34.1 Å². The molecule has 0 unspecified atom stereocenters. The molecule has 1 aromatic carbocycles. The summed E-state index contributed by atoms with van der Waals surface area (Å²) in [5, 5.41) is 2.79. The topological polar surface area (TPSA) is 128 Å². The summed E-state index contributed by atoms with van der Waals surface area (Å²) in [7, 11) is -0.478. The number of sulfonamides is 1. The summed E-state index contributed by atoms with van der Waals surface area (Å²) in [4.78, 5) is 41.4. The van der Waals surface area contributed by atoms with Gasteiger partial charge in [0.25, 0.3) is 5.56 Å². The molecule has 170 valence electrons. The average Bonchev–Trinajstić information content (AvgIpc) is 3.19. The van der Waals surface area contributed by atoms with Gasteiger partial charge in [0.1, 0.15) is 6.54 Å². The van der Waals surface area contributed by atoms with E-state index < -0.39 is 21.3 Å². The van der Waals surface area contributed by atoms with Crippen LogP contribution >= 0.6 is 0 Å². The van der Waals surface area contributed by atoms with Gasteiger partial charge in [-0.2, -0.15) is 0 Å². The van der Waals surface area contributed by atoms with Crippen molar-refractivity contribution in [3.8, 4) is 0 Å². The van der Waals surface area contributed by atoms with Gasteiger partial charge in [-0.15, -0.1) is 0 Å². The van der Waals surface area contributed by atoms with Crippen molar-refractivity contribution in [1.29, 1.82) is 0 Å². The fraction of sp³-hybridized carbons (Fsp3) is 0.400. The van der Waals surface area contributed by atoms with E-state index in [1.807, 2.05) is 0 Å². The first kappa shape index (κ1) is 21.8. The second-order valence-electron chi connectivity index (χ2n) is 7.72. The van der Waals surface area contributed by atoms with Crippen LogP contribution in [0.25, 0.3) is 11.2 Å². The lowest BCUT2D eigenvalue weighted by Crippen LogP contribution is -2.37. The van der Waals surface area contributed by atoms with Crippen LogP contribution in [-0.2, 0) is 41.9 Å². The molecule has 0 atom stereocenters. The number of hydrogen-bond donors (Lipinski definition) is 1. The molecule has 4 rings (SSSR count). The number of anilines is 2. The summed E-state index contributed by atoms with van der Waals surface area (Å²) in [5.41, 5.74) is 1.37. The summed E-state index contributed by atoms with van der Waals surface area (Å²) in [6, 6.07) is 5.14. The number of carbonyl (C=O) groups excluding carboxylic acids is 1. The molecular weight excluding hydrogens is 436 g/mol. The lowest BCUT2D eigenvalue weighted by atomic mass is 10.0. The van der Waals surface area contributed by atoms with Crippen molar-refractivity contribution in [1.82, 2.24) is 18.7 Å². The fourth-order valence-electron chi connectivity index (χ4n) is 3.96. The molecule has 0 aliphatic carbocycles. The van der Waals surface area contributed by atoms with Crippen LogP contribution in [0.5, 0.6) is 0 Å². The minimum absolute atomic E-state index is 0.0227. The van der Waals surface area contributed by atoms with Crippen molar-refractivity contribution < 1.29 is 13.2 Å². The maximum atomic E-state index is 12.7. The van der Waals surface area contributed by atoms with Gasteiger partial charge < -0.3 is 9.88 Å². The Morgan fingerprint density at radius 3 is 2.66 bits per heavy atom. The van der Waals surface area contributed by atoms with E-state index in [-0.39, 0.29) is 29.4 Å². The number of imidazole rings is 1. The van der Waals surface area contributed by atoms with E-state index in [1.165, 1.54) is 33.9 Å². The second-order valence-corrected chi connectivity index (χ2v) is 9.90. The highest BCUT2D eigenvalue weighted by Crippen LogP contribution is 2.31. The maximum Gasteiger partial charge on any atom is 0.332 e. The van der Waals surface area contributed by atoms with Crippen LogP contribution < -0.4 is 20.9 Å². The van der Waals surface area contributed by atoms with Crippen LogP contribution in [0.4, 0.5) is 11.4 Å². The van der Waals surface area contributed by atoms with Gasteiger partial charge in [-0.25, -0.2) is 18.2 Å². The van der Waals surface area contributed by atoms with Crippen LogP contribution in [0, 0.1) is 0 Å². The van der Waals surface area contributed by atoms with Gasteiger partial charge >= 0.3 is 5.69 Å². The van der Waals surface area contributed by atoms with Gasteiger partial charge in [0, 0.05) is 26.3 Å². The first-order valence-corrected chi connectivity index (χ1v) is 11.8. The first-order chi connectivity index (χ1) is 15.1. The number of aryl methyl sites for hydroxylation is 2. The van der Waals surface area contributed by atoms with E-state index in [2.05, 4.69) is 10.3 Å². The number of aromatic nitrogens is 4. The lowest BCUT2D eigenvalue weighted by molar-refractivity contribution is -0.116. The zero-order valence-corrected chi connectivity index (χ0v) is 18.8. The van der Waals surface area contributed by atoms with E-state index in [9.17, 15) is 22.8 Å². The van der Waals surface area contributed by atoms with Crippen LogP contribution in [0.2, 0.25) is 0 Å². The highest BCUT2D eigenvalue weighted by Gasteiger charge is 2.26. The Labute approximate surface area is 184 Å². The third-order valence-electron chi connectivity index (χ3n) is 5.67. The molecule has 3 heterocycles. The number of hydrogen-bond acceptors (Lipinski definition) is 6. The van der Waals surface area contributed by atoms with E-state index in [4.69, 9.17) is 0 Å². The largest absolute Gasteiger partial charge is 0.332 e. The summed E-state index contributed by atoms with van der Waals surface area (Å²) in [6.45, 7) is 1.89.